The fourth-order valence-electron chi connectivity index (χ4n) is 3.34. The van der Waals surface area contributed by atoms with Gasteiger partial charge in [-0.2, -0.15) is 0 Å². The Hall–Kier alpha value is -2.66. The molecule has 0 saturated carbocycles. The first kappa shape index (κ1) is 16.8. The third kappa shape index (κ3) is 3.10. The molecular weight excluding hydrogens is 353 g/mol. The molecule has 1 N–H and O–H groups in total. The minimum atomic E-state index is -0.309. The summed E-state index contributed by atoms with van der Waals surface area (Å²) in [4.78, 5) is 12.7. The lowest BCUT2D eigenvalue weighted by Gasteiger charge is -2.19. The Morgan fingerprint density at radius 3 is 2.69 bits per heavy atom. The van der Waals surface area contributed by atoms with Crippen molar-refractivity contribution in [1.82, 2.24) is 9.78 Å². The van der Waals surface area contributed by atoms with Crippen LogP contribution in [0.25, 0.3) is 5.69 Å². The molecule has 0 fully saturated rings. The van der Waals surface area contributed by atoms with Gasteiger partial charge in [-0.3, -0.25) is 4.79 Å². The number of carbonyl (C=O) groups is 1. The number of halogens is 2. The van der Waals surface area contributed by atoms with E-state index in [1.807, 2.05) is 19.1 Å². The lowest BCUT2D eigenvalue weighted by atomic mass is 9.87. The standard InChI is InChI=1S/C20H17ClFN3O/c1-12-9-17-19(18(26)10-12)20(23-15-4-2-3-13(21)11-15)24-25(17)16-7-5-14(22)6-8-16/h2-8,11-12H,9-10H2,1H3,(H,23,24)/t12-/m0/s1. The van der Waals surface area contributed by atoms with E-state index in [-0.39, 0.29) is 17.5 Å². The molecule has 1 atom stereocenters. The van der Waals surface area contributed by atoms with E-state index >= 15 is 0 Å². The smallest absolute Gasteiger partial charge is 0.168 e. The first-order valence-corrected chi connectivity index (χ1v) is 8.82. The van der Waals surface area contributed by atoms with Crippen molar-refractivity contribution in [2.24, 2.45) is 5.92 Å². The van der Waals surface area contributed by atoms with Crippen LogP contribution >= 0.6 is 11.6 Å². The average Bonchev–Trinajstić information content (AvgIpc) is 2.94. The number of aromatic nitrogens is 2. The monoisotopic (exact) mass is 369 g/mol. The van der Waals surface area contributed by atoms with Crippen molar-refractivity contribution in [2.75, 3.05) is 5.32 Å². The van der Waals surface area contributed by atoms with Crippen LogP contribution in [0.4, 0.5) is 15.9 Å². The summed E-state index contributed by atoms with van der Waals surface area (Å²) in [5.74, 6) is 0.501. The number of anilines is 2. The molecule has 1 aromatic heterocycles. The van der Waals surface area contributed by atoms with E-state index < -0.39 is 0 Å². The second-order valence-electron chi connectivity index (χ2n) is 6.63. The number of carbonyl (C=O) groups excluding carboxylic acids is 1. The number of nitrogens with one attached hydrogen (secondary N) is 1. The summed E-state index contributed by atoms with van der Waals surface area (Å²) in [5.41, 5.74) is 2.94. The highest BCUT2D eigenvalue weighted by molar-refractivity contribution is 6.30. The Balaban J connectivity index is 1.83. The van der Waals surface area contributed by atoms with Crippen molar-refractivity contribution in [3.63, 3.8) is 0 Å². The average molecular weight is 370 g/mol. The number of rotatable bonds is 3. The predicted octanol–water partition coefficient (Wildman–Crippen LogP) is 5.17. The van der Waals surface area contributed by atoms with Crippen LogP contribution in [0, 0.1) is 11.7 Å². The van der Waals surface area contributed by atoms with Crippen molar-refractivity contribution < 1.29 is 9.18 Å². The molecule has 4 nitrogen and oxygen atoms in total. The SMILES string of the molecule is C[C@@H]1CC(=O)c2c(Nc3cccc(Cl)c3)nn(-c3ccc(F)cc3)c2C1. The zero-order valence-corrected chi connectivity index (χ0v) is 14.9. The number of benzene rings is 2. The second-order valence-corrected chi connectivity index (χ2v) is 7.07. The minimum Gasteiger partial charge on any atom is -0.338 e. The fourth-order valence-corrected chi connectivity index (χ4v) is 3.53. The molecular formula is C20H17ClFN3O. The van der Waals surface area contributed by atoms with Gasteiger partial charge in [0, 0.05) is 17.1 Å². The van der Waals surface area contributed by atoms with Gasteiger partial charge < -0.3 is 5.32 Å². The molecule has 0 unspecified atom stereocenters. The van der Waals surface area contributed by atoms with Crippen LogP contribution in [0.2, 0.25) is 5.02 Å². The number of hydrogen-bond acceptors (Lipinski definition) is 3. The van der Waals surface area contributed by atoms with Crippen molar-refractivity contribution >= 4 is 28.9 Å². The molecule has 0 radical (unpaired) electrons. The van der Waals surface area contributed by atoms with Crippen molar-refractivity contribution in [3.05, 3.63) is 70.6 Å². The molecule has 1 aliphatic carbocycles. The highest BCUT2D eigenvalue weighted by Gasteiger charge is 2.31. The van der Waals surface area contributed by atoms with E-state index in [1.165, 1.54) is 12.1 Å². The molecule has 3 aromatic rings. The maximum Gasteiger partial charge on any atom is 0.168 e. The van der Waals surface area contributed by atoms with E-state index in [0.29, 0.717) is 22.8 Å². The number of hydrogen-bond donors (Lipinski definition) is 1. The van der Waals surface area contributed by atoms with Gasteiger partial charge in [0.05, 0.1) is 16.9 Å². The minimum absolute atomic E-state index is 0.0663. The first-order valence-electron chi connectivity index (χ1n) is 8.45. The molecule has 6 heteroatoms. The third-order valence-corrected chi connectivity index (χ3v) is 4.73. The highest BCUT2D eigenvalue weighted by Crippen LogP contribution is 2.34. The normalized spacial score (nSPS) is 16.4. The summed E-state index contributed by atoms with van der Waals surface area (Å²) >= 11 is 6.05. The van der Waals surface area contributed by atoms with Gasteiger partial charge in [0.25, 0.3) is 0 Å². The van der Waals surface area contributed by atoms with Gasteiger partial charge in [0.1, 0.15) is 5.82 Å². The topological polar surface area (TPSA) is 46.9 Å². The number of ketones is 1. The van der Waals surface area contributed by atoms with Crippen LogP contribution < -0.4 is 5.32 Å². The van der Waals surface area contributed by atoms with Crippen molar-refractivity contribution in [2.45, 2.75) is 19.8 Å². The highest BCUT2D eigenvalue weighted by atomic mass is 35.5. The van der Waals surface area contributed by atoms with Gasteiger partial charge in [0.2, 0.25) is 0 Å². The number of fused-ring (bicyclic) bond motifs is 1. The van der Waals surface area contributed by atoms with E-state index in [4.69, 9.17) is 11.6 Å². The van der Waals surface area contributed by atoms with Gasteiger partial charge in [-0.05, 0) is 54.8 Å². The Kier molecular flexibility index (Phi) is 4.24. The molecule has 0 amide bonds. The van der Waals surface area contributed by atoms with Crippen molar-refractivity contribution in [1.29, 1.82) is 0 Å². The summed E-state index contributed by atoms with van der Waals surface area (Å²) in [6.45, 7) is 2.05. The van der Waals surface area contributed by atoms with Gasteiger partial charge >= 0.3 is 0 Å². The van der Waals surface area contributed by atoms with Crippen molar-refractivity contribution in [3.8, 4) is 5.69 Å². The lowest BCUT2D eigenvalue weighted by Crippen LogP contribution is -2.19. The summed E-state index contributed by atoms with van der Waals surface area (Å²) in [7, 11) is 0. The van der Waals surface area contributed by atoms with E-state index in [2.05, 4.69) is 10.4 Å². The van der Waals surface area contributed by atoms with Gasteiger partial charge in [-0.1, -0.05) is 24.6 Å². The van der Waals surface area contributed by atoms with Crippen LogP contribution in [-0.4, -0.2) is 15.6 Å². The number of Topliss-reactive ketones (excluding diaryl/α,β-unsaturated/α-hetero) is 1. The van der Waals surface area contributed by atoms with E-state index in [0.717, 1.165) is 23.5 Å². The molecule has 0 spiro atoms. The number of nitrogens with zero attached hydrogens (tertiary/aromatic N) is 2. The molecule has 0 aliphatic heterocycles. The van der Waals surface area contributed by atoms with Gasteiger partial charge in [0.15, 0.2) is 11.6 Å². The zero-order chi connectivity index (χ0) is 18.3. The van der Waals surface area contributed by atoms with Gasteiger partial charge in [-0.25, -0.2) is 9.07 Å². The molecule has 1 heterocycles. The Morgan fingerprint density at radius 1 is 1.19 bits per heavy atom. The molecule has 2 aromatic carbocycles. The second kappa shape index (κ2) is 6.57. The molecule has 0 saturated heterocycles. The Morgan fingerprint density at radius 2 is 1.96 bits per heavy atom. The fraction of sp³-hybridized carbons (Fsp3) is 0.200. The maximum atomic E-state index is 13.3. The third-order valence-electron chi connectivity index (χ3n) is 4.49. The molecule has 4 rings (SSSR count). The first-order chi connectivity index (χ1) is 12.5. The summed E-state index contributed by atoms with van der Waals surface area (Å²) < 4.78 is 15.0. The largest absolute Gasteiger partial charge is 0.338 e. The van der Waals surface area contributed by atoms with Crippen LogP contribution in [0.1, 0.15) is 29.4 Å². The molecule has 1 aliphatic rings. The van der Waals surface area contributed by atoms with Crippen LogP contribution in [0.3, 0.4) is 0 Å². The van der Waals surface area contributed by atoms with Gasteiger partial charge in [-0.15, -0.1) is 5.10 Å². The predicted molar refractivity (Wildman–Crippen MR) is 100 cm³/mol. The summed E-state index contributed by atoms with van der Waals surface area (Å²) in [5, 5.41) is 8.43. The van der Waals surface area contributed by atoms with Crippen LogP contribution in [0.15, 0.2) is 48.5 Å². The maximum absolute atomic E-state index is 13.3. The van der Waals surface area contributed by atoms with Crippen LogP contribution in [-0.2, 0) is 6.42 Å². The quantitative estimate of drug-likeness (QED) is 0.692. The summed E-state index contributed by atoms with van der Waals surface area (Å²) in [6, 6.07) is 13.4. The Bertz CT molecular complexity index is 981. The molecule has 26 heavy (non-hydrogen) atoms. The zero-order valence-electron chi connectivity index (χ0n) is 14.2. The van der Waals surface area contributed by atoms with E-state index in [9.17, 15) is 9.18 Å². The molecule has 132 valence electrons. The Labute approximate surface area is 155 Å². The van der Waals surface area contributed by atoms with E-state index in [1.54, 1.807) is 28.9 Å². The summed E-state index contributed by atoms with van der Waals surface area (Å²) in [6.07, 6.45) is 1.23. The molecule has 0 bridgehead atoms. The van der Waals surface area contributed by atoms with Crippen LogP contribution in [0.5, 0.6) is 0 Å². The lowest BCUT2D eigenvalue weighted by molar-refractivity contribution is 0.0953.